The summed E-state index contributed by atoms with van der Waals surface area (Å²) in [4.78, 5) is 12.4. The molecule has 0 bridgehead atoms. The van der Waals surface area contributed by atoms with E-state index in [1.165, 1.54) is 19.3 Å². The van der Waals surface area contributed by atoms with Gasteiger partial charge in [0, 0.05) is 6.54 Å². The minimum atomic E-state index is -0.509. The maximum atomic E-state index is 12.4. The number of nitrogens with two attached hydrogens (primary N) is 1. The molecule has 0 amide bonds. The fourth-order valence-corrected chi connectivity index (χ4v) is 2.69. The molecule has 0 aromatic rings. The highest BCUT2D eigenvalue weighted by atomic mass is 16.5. The number of carbonyl (C=O) groups excluding carboxylic acids is 1. The summed E-state index contributed by atoms with van der Waals surface area (Å²) in [6.07, 6.45) is 5.57. The second-order valence-electron chi connectivity index (χ2n) is 5.86. The number of ether oxygens (including phenoxy) is 1. The van der Waals surface area contributed by atoms with Crippen molar-refractivity contribution >= 4 is 5.97 Å². The Balaban J connectivity index is 4.96. The Hall–Kier alpha value is -0.570. The SMILES string of the molecule is CCCCC(CC)CC(CN)(C(=O)OCC)C(C)C. The molecule has 3 nitrogen and oxygen atoms in total. The Bertz CT molecular complexity index is 253. The highest BCUT2D eigenvalue weighted by molar-refractivity contribution is 5.77. The maximum Gasteiger partial charge on any atom is 0.313 e. The first-order valence-electron chi connectivity index (χ1n) is 7.85. The lowest BCUT2D eigenvalue weighted by atomic mass is 9.69. The van der Waals surface area contributed by atoms with E-state index < -0.39 is 5.41 Å². The molecule has 2 unspecified atom stereocenters. The molecule has 0 aliphatic carbocycles. The lowest BCUT2D eigenvalue weighted by Crippen LogP contribution is -2.45. The van der Waals surface area contributed by atoms with E-state index in [9.17, 15) is 4.79 Å². The molecular formula is C16H33NO2. The summed E-state index contributed by atoms with van der Waals surface area (Å²) in [6.45, 7) is 11.2. The van der Waals surface area contributed by atoms with Crippen LogP contribution in [0.5, 0.6) is 0 Å². The maximum absolute atomic E-state index is 12.4. The van der Waals surface area contributed by atoms with Crippen molar-refractivity contribution in [3.8, 4) is 0 Å². The van der Waals surface area contributed by atoms with Crippen LogP contribution in [0.1, 0.15) is 66.7 Å². The Kier molecular flexibility index (Phi) is 9.07. The molecule has 0 rings (SSSR count). The number of carbonyl (C=O) groups is 1. The minimum Gasteiger partial charge on any atom is -0.466 e. The highest BCUT2D eigenvalue weighted by Gasteiger charge is 2.42. The Morgan fingerprint density at radius 2 is 1.89 bits per heavy atom. The van der Waals surface area contributed by atoms with Crippen LogP contribution in [0.4, 0.5) is 0 Å². The van der Waals surface area contributed by atoms with Crippen LogP contribution in [0, 0.1) is 17.3 Å². The molecule has 3 heteroatoms. The van der Waals surface area contributed by atoms with Crippen LogP contribution in [0.2, 0.25) is 0 Å². The molecule has 2 atom stereocenters. The van der Waals surface area contributed by atoms with Gasteiger partial charge in [0.25, 0.3) is 0 Å². The predicted molar refractivity (Wildman–Crippen MR) is 80.9 cm³/mol. The van der Waals surface area contributed by atoms with Crippen LogP contribution < -0.4 is 5.73 Å². The van der Waals surface area contributed by atoms with E-state index >= 15 is 0 Å². The quantitative estimate of drug-likeness (QED) is 0.616. The van der Waals surface area contributed by atoms with E-state index in [-0.39, 0.29) is 11.9 Å². The molecule has 0 saturated heterocycles. The Labute approximate surface area is 119 Å². The normalized spacial score (nSPS) is 16.2. The molecule has 0 aliphatic heterocycles. The van der Waals surface area contributed by atoms with Gasteiger partial charge in [0.15, 0.2) is 0 Å². The number of unbranched alkanes of at least 4 members (excludes halogenated alkanes) is 1. The van der Waals surface area contributed by atoms with Gasteiger partial charge in [-0.3, -0.25) is 4.79 Å². The third-order valence-electron chi connectivity index (χ3n) is 4.35. The van der Waals surface area contributed by atoms with E-state index in [0.717, 1.165) is 12.8 Å². The zero-order chi connectivity index (χ0) is 14.9. The molecule has 2 N–H and O–H groups in total. The zero-order valence-electron chi connectivity index (χ0n) is 13.5. The van der Waals surface area contributed by atoms with Gasteiger partial charge in [-0.05, 0) is 25.2 Å². The Morgan fingerprint density at radius 1 is 1.26 bits per heavy atom. The van der Waals surface area contributed by atoms with Crippen LogP contribution in [0.3, 0.4) is 0 Å². The summed E-state index contributed by atoms with van der Waals surface area (Å²) >= 11 is 0. The smallest absolute Gasteiger partial charge is 0.313 e. The molecule has 0 radical (unpaired) electrons. The summed E-state index contributed by atoms with van der Waals surface area (Å²) in [5.41, 5.74) is 5.46. The number of rotatable bonds is 10. The van der Waals surface area contributed by atoms with Gasteiger partial charge in [-0.1, -0.05) is 53.4 Å². The van der Waals surface area contributed by atoms with Gasteiger partial charge in [-0.15, -0.1) is 0 Å². The second kappa shape index (κ2) is 9.35. The van der Waals surface area contributed by atoms with Crippen LogP contribution in [-0.2, 0) is 9.53 Å². The van der Waals surface area contributed by atoms with Crippen molar-refractivity contribution < 1.29 is 9.53 Å². The fourth-order valence-electron chi connectivity index (χ4n) is 2.69. The summed E-state index contributed by atoms with van der Waals surface area (Å²) in [5, 5.41) is 0. The van der Waals surface area contributed by atoms with Crippen molar-refractivity contribution in [1.82, 2.24) is 0 Å². The van der Waals surface area contributed by atoms with Crippen molar-refractivity contribution in [2.75, 3.05) is 13.2 Å². The highest BCUT2D eigenvalue weighted by Crippen LogP contribution is 2.37. The first-order chi connectivity index (χ1) is 8.98. The molecule has 0 saturated carbocycles. The first-order valence-corrected chi connectivity index (χ1v) is 7.85. The molecule has 0 spiro atoms. The summed E-state index contributed by atoms with van der Waals surface area (Å²) in [6, 6.07) is 0. The topological polar surface area (TPSA) is 52.3 Å². The van der Waals surface area contributed by atoms with Crippen LogP contribution in [0.15, 0.2) is 0 Å². The summed E-state index contributed by atoms with van der Waals surface area (Å²) in [5.74, 6) is 0.671. The van der Waals surface area contributed by atoms with E-state index in [4.69, 9.17) is 10.5 Å². The lowest BCUT2D eigenvalue weighted by Gasteiger charge is -2.36. The predicted octanol–water partition coefficient (Wildman–Crippen LogP) is 3.76. The number of esters is 1. The van der Waals surface area contributed by atoms with Crippen molar-refractivity contribution in [1.29, 1.82) is 0 Å². The van der Waals surface area contributed by atoms with Gasteiger partial charge in [0.1, 0.15) is 0 Å². The molecular weight excluding hydrogens is 238 g/mol. The van der Waals surface area contributed by atoms with E-state index in [1.807, 2.05) is 6.92 Å². The minimum absolute atomic E-state index is 0.109. The zero-order valence-corrected chi connectivity index (χ0v) is 13.5. The summed E-state index contributed by atoms with van der Waals surface area (Å²) < 4.78 is 5.29. The summed E-state index contributed by atoms with van der Waals surface area (Å²) in [7, 11) is 0. The van der Waals surface area contributed by atoms with Crippen molar-refractivity contribution in [3.63, 3.8) is 0 Å². The molecule has 0 fully saturated rings. The number of hydrogen-bond donors (Lipinski definition) is 1. The van der Waals surface area contributed by atoms with Gasteiger partial charge in [0.2, 0.25) is 0 Å². The molecule has 114 valence electrons. The van der Waals surface area contributed by atoms with E-state index in [1.54, 1.807) is 0 Å². The third kappa shape index (κ3) is 5.13. The van der Waals surface area contributed by atoms with Gasteiger partial charge in [-0.2, -0.15) is 0 Å². The fraction of sp³-hybridized carbons (Fsp3) is 0.938. The van der Waals surface area contributed by atoms with E-state index in [0.29, 0.717) is 19.1 Å². The molecule has 0 heterocycles. The van der Waals surface area contributed by atoms with Crippen molar-refractivity contribution in [3.05, 3.63) is 0 Å². The van der Waals surface area contributed by atoms with Crippen LogP contribution in [-0.4, -0.2) is 19.1 Å². The molecule has 0 aromatic carbocycles. The monoisotopic (exact) mass is 271 g/mol. The molecule has 19 heavy (non-hydrogen) atoms. The largest absolute Gasteiger partial charge is 0.466 e. The molecule has 0 aromatic heterocycles. The van der Waals surface area contributed by atoms with Gasteiger partial charge >= 0.3 is 5.97 Å². The van der Waals surface area contributed by atoms with Crippen LogP contribution >= 0.6 is 0 Å². The van der Waals surface area contributed by atoms with Gasteiger partial charge in [0.05, 0.1) is 12.0 Å². The third-order valence-corrected chi connectivity index (χ3v) is 4.35. The Morgan fingerprint density at radius 3 is 2.26 bits per heavy atom. The van der Waals surface area contributed by atoms with Crippen LogP contribution in [0.25, 0.3) is 0 Å². The first kappa shape index (κ1) is 18.4. The average molecular weight is 271 g/mol. The molecule has 0 aliphatic rings. The lowest BCUT2D eigenvalue weighted by molar-refractivity contribution is -0.159. The number of hydrogen-bond acceptors (Lipinski definition) is 3. The standard InChI is InChI=1S/C16H33NO2/c1-6-9-10-14(7-2)11-16(12-17,13(4)5)15(18)19-8-3/h13-14H,6-12,17H2,1-5H3. The van der Waals surface area contributed by atoms with Gasteiger partial charge < -0.3 is 10.5 Å². The van der Waals surface area contributed by atoms with E-state index in [2.05, 4.69) is 27.7 Å². The van der Waals surface area contributed by atoms with Gasteiger partial charge in [-0.25, -0.2) is 0 Å². The van der Waals surface area contributed by atoms with Crippen molar-refractivity contribution in [2.24, 2.45) is 23.0 Å². The average Bonchev–Trinajstić information content (AvgIpc) is 2.39. The second-order valence-corrected chi connectivity index (χ2v) is 5.86. The van der Waals surface area contributed by atoms with Crippen molar-refractivity contribution in [2.45, 2.75) is 66.7 Å².